The number of amides is 2. The van der Waals surface area contributed by atoms with Crippen LogP contribution in [0.15, 0.2) is 42.6 Å². The van der Waals surface area contributed by atoms with Gasteiger partial charge >= 0.3 is 0 Å². The molecule has 1 fully saturated rings. The topological polar surface area (TPSA) is 83.6 Å². The van der Waals surface area contributed by atoms with E-state index in [0.717, 1.165) is 11.4 Å². The highest BCUT2D eigenvalue weighted by atomic mass is 16.5. The van der Waals surface area contributed by atoms with Crippen molar-refractivity contribution in [1.82, 2.24) is 15.2 Å². The average Bonchev–Trinajstić information content (AvgIpc) is 2.63. The standard InChI is InChI=1S/C18H20N4O3/c1-2-25-14-7-5-13(6-8-14)21-17-15(4-3-9-20-17)18(24)22-11-10-19-16(23)12-22/h3-9H,2,10-12H2,1H3,(H,19,23)(H,20,21). The van der Waals surface area contributed by atoms with E-state index < -0.39 is 0 Å². The van der Waals surface area contributed by atoms with Gasteiger partial charge in [-0.05, 0) is 43.3 Å². The van der Waals surface area contributed by atoms with Gasteiger partial charge in [0.15, 0.2) is 0 Å². The van der Waals surface area contributed by atoms with Crippen molar-refractivity contribution in [3.63, 3.8) is 0 Å². The number of carbonyl (C=O) groups is 2. The summed E-state index contributed by atoms with van der Waals surface area (Å²) in [5, 5.41) is 5.87. The first-order valence-corrected chi connectivity index (χ1v) is 8.18. The second-order valence-electron chi connectivity index (χ2n) is 5.56. The molecule has 7 heteroatoms. The number of pyridine rings is 1. The summed E-state index contributed by atoms with van der Waals surface area (Å²) >= 11 is 0. The zero-order chi connectivity index (χ0) is 17.6. The number of aromatic nitrogens is 1. The molecule has 1 aliphatic heterocycles. The fourth-order valence-corrected chi connectivity index (χ4v) is 2.60. The predicted molar refractivity (Wildman–Crippen MR) is 94.0 cm³/mol. The van der Waals surface area contributed by atoms with Crippen LogP contribution < -0.4 is 15.4 Å². The van der Waals surface area contributed by atoms with Crippen LogP contribution in [0.3, 0.4) is 0 Å². The number of ether oxygens (including phenoxy) is 1. The van der Waals surface area contributed by atoms with E-state index in [-0.39, 0.29) is 18.4 Å². The van der Waals surface area contributed by atoms with Crippen LogP contribution in [0.2, 0.25) is 0 Å². The highest BCUT2D eigenvalue weighted by Gasteiger charge is 2.24. The van der Waals surface area contributed by atoms with Crippen molar-refractivity contribution < 1.29 is 14.3 Å². The summed E-state index contributed by atoms with van der Waals surface area (Å²) in [5.74, 6) is 0.883. The van der Waals surface area contributed by atoms with Crippen LogP contribution in [0.4, 0.5) is 11.5 Å². The second kappa shape index (κ2) is 7.65. The van der Waals surface area contributed by atoms with Gasteiger partial charge in [-0.3, -0.25) is 9.59 Å². The molecule has 0 bridgehead atoms. The smallest absolute Gasteiger partial charge is 0.258 e. The number of rotatable bonds is 5. The lowest BCUT2D eigenvalue weighted by Gasteiger charge is -2.27. The number of benzene rings is 1. The summed E-state index contributed by atoms with van der Waals surface area (Å²) in [7, 11) is 0. The third-order valence-corrected chi connectivity index (χ3v) is 3.79. The van der Waals surface area contributed by atoms with Gasteiger partial charge in [0.2, 0.25) is 5.91 Å². The van der Waals surface area contributed by atoms with E-state index in [1.165, 1.54) is 4.90 Å². The Balaban J connectivity index is 1.78. The van der Waals surface area contributed by atoms with Gasteiger partial charge in [0.1, 0.15) is 11.6 Å². The minimum atomic E-state index is -0.212. The Morgan fingerprint density at radius 2 is 2.12 bits per heavy atom. The summed E-state index contributed by atoms with van der Waals surface area (Å²) in [6.07, 6.45) is 1.62. The lowest BCUT2D eigenvalue weighted by atomic mass is 10.2. The predicted octanol–water partition coefficient (Wildman–Crippen LogP) is 1.80. The number of anilines is 2. The lowest BCUT2D eigenvalue weighted by Crippen LogP contribution is -2.50. The van der Waals surface area contributed by atoms with Crippen molar-refractivity contribution >= 4 is 23.3 Å². The summed E-state index contributed by atoms with van der Waals surface area (Å²) in [6.45, 7) is 3.55. The Kier molecular flexibility index (Phi) is 5.13. The molecular weight excluding hydrogens is 320 g/mol. The van der Waals surface area contributed by atoms with Gasteiger partial charge in [0.25, 0.3) is 5.91 Å². The molecule has 3 rings (SSSR count). The van der Waals surface area contributed by atoms with Crippen LogP contribution in [0.1, 0.15) is 17.3 Å². The molecular formula is C18H20N4O3. The summed E-state index contributed by atoms with van der Waals surface area (Å²) in [4.78, 5) is 30.1. The normalized spacial score (nSPS) is 14.0. The van der Waals surface area contributed by atoms with Gasteiger partial charge in [-0.2, -0.15) is 0 Å². The Morgan fingerprint density at radius 1 is 1.32 bits per heavy atom. The number of nitrogens with zero attached hydrogens (tertiary/aromatic N) is 2. The van der Waals surface area contributed by atoms with Crippen LogP contribution >= 0.6 is 0 Å². The van der Waals surface area contributed by atoms with Gasteiger partial charge in [-0.15, -0.1) is 0 Å². The maximum atomic E-state index is 12.7. The zero-order valence-electron chi connectivity index (χ0n) is 14.0. The summed E-state index contributed by atoms with van der Waals surface area (Å²) < 4.78 is 5.42. The van der Waals surface area contributed by atoms with Crippen LogP contribution in [0.5, 0.6) is 5.75 Å². The van der Waals surface area contributed by atoms with Gasteiger partial charge in [0.05, 0.1) is 18.7 Å². The fraction of sp³-hybridized carbons (Fsp3) is 0.278. The molecule has 0 spiro atoms. The molecule has 1 aromatic carbocycles. The molecule has 0 radical (unpaired) electrons. The van der Waals surface area contributed by atoms with Crippen LogP contribution in [0.25, 0.3) is 0 Å². The molecule has 0 aliphatic carbocycles. The maximum absolute atomic E-state index is 12.7. The molecule has 2 N–H and O–H groups in total. The van der Waals surface area contributed by atoms with Crippen molar-refractivity contribution in [3.8, 4) is 5.75 Å². The monoisotopic (exact) mass is 340 g/mol. The molecule has 0 atom stereocenters. The van der Waals surface area contributed by atoms with E-state index in [4.69, 9.17) is 4.74 Å². The van der Waals surface area contributed by atoms with Crippen molar-refractivity contribution in [2.45, 2.75) is 6.92 Å². The molecule has 0 saturated carbocycles. The first-order chi connectivity index (χ1) is 12.2. The molecule has 7 nitrogen and oxygen atoms in total. The van der Waals surface area contributed by atoms with Crippen molar-refractivity contribution in [3.05, 3.63) is 48.2 Å². The third-order valence-electron chi connectivity index (χ3n) is 3.79. The molecule has 25 heavy (non-hydrogen) atoms. The highest BCUT2D eigenvalue weighted by Crippen LogP contribution is 2.22. The van der Waals surface area contributed by atoms with E-state index in [1.54, 1.807) is 18.3 Å². The lowest BCUT2D eigenvalue weighted by molar-refractivity contribution is -0.123. The minimum absolute atomic E-state index is 0.0657. The molecule has 1 saturated heterocycles. The van der Waals surface area contributed by atoms with Crippen molar-refractivity contribution in [2.75, 3.05) is 31.6 Å². The third kappa shape index (κ3) is 4.06. The van der Waals surface area contributed by atoms with Crippen LogP contribution in [0, 0.1) is 0 Å². The summed E-state index contributed by atoms with van der Waals surface area (Å²) in [6, 6.07) is 10.8. The van der Waals surface area contributed by atoms with Crippen molar-refractivity contribution in [2.24, 2.45) is 0 Å². The first-order valence-electron chi connectivity index (χ1n) is 8.18. The Labute approximate surface area is 146 Å². The Bertz CT molecular complexity index is 761. The number of nitrogens with one attached hydrogen (secondary N) is 2. The first kappa shape index (κ1) is 16.8. The molecule has 0 unspecified atom stereocenters. The molecule has 2 heterocycles. The van der Waals surface area contributed by atoms with Gasteiger partial charge < -0.3 is 20.3 Å². The maximum Gasteiger partial charge on any atom is 0.258 e. The number of hydrogen-bond acceptors (Lipinski definition) is 5. The van der Waals surface area contributed by atoms with Gasteiger partial charge in [0, 0.05) is 25.0 Å². The highest BCUT2D eigenvalue weighted by molar-refractivity contribution is 6.01. The van der Waals surface area contributed by atoms with Gasteiger partial charge in [-0.25, -0.2) is 4.98 Å². The number of hydrogen-bond donors (Lipinski definition) is 2. The number of piperazine rings is 1. The average molecular weight is 340 g/mol. The molecule has 2 amide bonds. The van der Waals surface area contributed by atoms with Crippen LogP contribution in [-0.2, 0) is 4.79 Å². The molecule has 1 aromatic heterocycles. The second-order valence-corrected chi connectivity index (χ2v) is 5.56. The van der Waals surface area contributed by atoms with Gasteiger partial charge in [-0.1, -0.05) is 0 Å². The minimum Gasteiger partial charge on any atom is -0.494 e. The molecule has 2 aromatic rings. The van der Waals surface area contributed by atoms with E-state index in [2.05, 4.69) is 15.6 Å². The zero-order valence-corrected chi connectivity index (χ0v) is 14.0. The van der Waals surface area contributed by atoms with E-state index >= 15 is 0 Å². The quantitative estimate of drug-likeness (QED) is 0.867. The Morgan fingerprint density at radius 3 is 2.84 bits per heavy atom. The molecule has 130 valence electrons. The van der Waals surface area contributed by atoms with Crippen molar-refractivity contribution in [1.29, 1.82) is 0 Å². The Hall–Kier alpha value is -3.09. The number of carbonyl (C=O) groups excluding carboxylic acids is 2. The summed E-state index contributed by atoms with van der Waals surface area (Å²) in [5.41, 5.74) is 1.23. The molecule has 1 aliphatic rings. The van der Waals surface area contributed by atoms with E-state index in [0.29, 0.717) is 31.1 Å². The largest absolute Gasteiger partial charge is 0.494 e. The van der Waals surface area contributed by atoms with E-state index in [9.17, 15) is 9.59 Å². The fourth-order valence-electron chi connectivity index (χ4n) is 2.60. The van der Waals surface area contributed by atoms with E-state index in [1.807, 2.05) is 31.2 Å². The van der Waals surface area contributed by atoms with Crippen LogP contribution in [-0.4, -0.2) is 47.9 Å². The SMILES string of the molecule is CCOc1ccc(Nc2ncccc2C(=O)N2CCNC(=O)C2)cc1.